The van der Waals surface area contributed by atoms with E-state index < -0.39 is 75.3 Å². The molecule has 0 amide bonds. The molecule has 24 heteroatoms. The largest absolute Gasteiger partial charge is 0.394 e. The van der Waals surface area contributed by atoms with Crippen LogP contribution in [0.4, 0.5) is 20.4 Å². The highest BCUT2D eigenvalue weighted by Crippen LogP contribution is 2.43. The van der Waals surface area contributed by atoms with Crippen LogP contribution in [0.15, 0.2) is 37.5 Å². The minimum atomic E-state index is -2.79. The lowest BCUT2D eigenvalue weighted by Crippen LogP contribution is -2.31. The molecular formula is C24H29F2IN10O8P2S. The van der Waals surface area contributed by atoms with Crippen molar-refractivity contribution in [2.45, 2.75) is 49.2 Å². The highest BCUT2D eigenvalue weighted by Gasteiger charge is 2.49. The number of fused-ring (bicyclic) bond motifs is 2. The summed E-state index contributed by atoms with van der Waals surface area (Å²) in [5.41, 5.74) is -1.26. The van der Waals surface area contributed by atoms with Gasteiger partial charge in [-0.05, 0) is 0 Å². The maximum Gasteiger partial charge on any atom is 0.249 e. The third-order valence-electron chi connectivity index (χ3n) is 7.57. The van der Waals surface area contributed by atoms with Crippen LogP contribution in [0.2, 0.25) is 0 Å². The van der Waals surface area contributed by atoms with Gasteiger partial charge in [0.05, 0.1) is 25.9 Å². The standard InChI is InChI=1S/C24H29F2IN10O8P2S/c25-13-17(44-46(27)40)11(5-38)42-23(13)36-9-34-15-19(30-7-32-21(15)36)28-3-1-2-4-29-20-16-22(33-8-31-20)37(10-35-16)24-14(26)18(45-47(41)48)12(6-39)43-24/h1-2,7-14,17-18,23-24,38-39,46-47H,3-6H2,(H,41,48)(H,28,30,32)(H,29,31,33)/b2-1+/t11-,12-,13-,14-,17-,18-,23-,24-/m1/s1. The van der Waals surface area contributed by atoms with Crippen molar-refractivity contribution in [1.82, 2.24) is 39.0 Å². The number of halogens is 3. The van der Waals surface area contributed by atoms with Crippen LogP contribution >= 0.6 is 47.2 Å². The van der Waals surface area contributed by atoms with E-state index in [1.54, 1.807) is 22.0 Å². The van der Waals surface area contributed by atoms with Crippen LogP contribution in [0.25, 0.3) is 22.3 Å². The van der Waals surface area contributed by atoms with Gasteiger partial charge in [-0.1, -0.05) is 24.4 Å². The molecule has 2 aliphatic heterocycles. The molecule has 4 N–H and O–H groups in total. The molecule has 2 saturated heterocycles. The third kappa shape index (κ3) is 7.23. The molecule has 0 aromatic carbocycles. The Morgan fingerprint density at radius 1 is 0.833 bits per heavy atom. The first kappa shape index (κ1) is 35.4. The van der Waals surface area contributed by atoms with E-state index in [9.17, 15) is 19.3 Å². The second-order valence-electron chi connectivity index (χ2n) is 10.4. The number of hydrogen-bond donors (Lipinski definition) is 5. The second-order valence-corrected chi connectivity index (χ2v) is 15.6. The van der Waals surface area contributed by atoms with Gasteiger partial charge in [-0.25, -0.2) is 38.7 Å². The average molecular weight is 844 g/mol. The summed E-state index contributed by atoms with van der Waals surface area (Å²) < 4.78 is 77.9. The van der Waals surface area contributed by atoms with Crippen LogP contribution in [-0.4, -0.2) is 112 Å². The highest BCUT2D eigenvalue weighted by molar-refractivity contribution is 14.2. The zero-order valence-electron chi connectivity index (χ0n) is 24.4. The van der Waals surface area contributed by atoms with Crippen molar-refractivity contribution in [2.24, 2.45) is 0 Å². The Bertz CT molecular complexity index is 1700. The normalized spacial score (nSPS) is 28.9. The number of ether oxygens (including phenoxy) is 2. The number of imidazole rings is 2. The number of thiol groups is 1. The number of hydrogen-bond acceptors (Lipinski definition) is 16. The summed E-state index contributed by atoms with van der Waals surface area (Å²) >= 11 is 5.28. The summed E-state index contributed by atoms with van der Waals surface area (Å²) in [6, 6.07) is 0. The predicted octanol–water partition coefficient (Wildman–Crippen LogP) is 2.42. The van der Waals surface area contributed by atoms with E-state index in [1.165, 1.54) is 34.4 Å². The molecule has 48 heavy (non-hydrogen) atoms. The molecule has 0 aliphatic carbocycles. The molecule has 6 rings (SSSR count). The highest BCUT2D eigenvalue weighted by atomic mass is 127. The van der Waals surface area contributed by atoms with Gasteiger partial charge < -0.3 is 39.4 Å². The van der Waals surface area contributed by atoms with Crippen LogP contribution in [0.1, 0.15) is 12.5 Å². The quantitative estimate of drug-likeness (QED) is 0.0532. The zero-order valence-corrected chi connectivity index (χ0v) is 29.5. The monoisotopic (exact) mass is 844 g/mol. The summed E-state index contributed by atoms with van der Waals surface area (Å²) in [6.45, 7) is -0.410. The first-order valence-electron chi connectivity index (χ1n) is 14.3. The van der Waals surface area contributed by atoms with Gasteiger partial charge in [0.15, 0.2) is 58.8 Å². The van der Waals surface area contributed by atoms with Crippen molar-refractivity contribution < 1.29 is 46.6 Å². The smallest absolute Gasteiger partial charge is 0.249 e. The molecule has 0 radical (unpaired) electrons. The average Bonchev–Trinajstić information content (AvgIpc) is 3.83. The Hall–Kier alpha value is -2.40. The number of alkyl halides is 2. The van der Waals surface area contributed by atoms with Gasteiger partial charge in [0.2, 0.25) is 12.9 Å². The molecule has 4 aromatic rings. The van der Waals surface area contributed by atoms with E-state index in [-0.39, 0.29) is 11.3 Å². The maximum absolute atomic E-state index is 15.3. The van der Waals surface area contributed by atoms with Gasteiger partial charge in [0.1, 0.15) is 37.1 Å². The lowest BCUT2D eigenvalue weighted by atomic mass is 10.1. The fourth-order valence-electron chi connectivity index (χ4n) is 5.45. The van der Waals surface area contributed by atoms with Crippen molar-refractivity contribution in [1.29, 1.82) is 0 Å². The Labute approximate surface area is 289 Å². The van der Waals surface area contributed by atoms with Crippen LogP contribution in [0.5, 0.6) is 0 Å². The molecule has 0 saturated carbocycles. The Morgan fingerprint density at radius 2 is 1.29 bits per heavy atom. The van der Waals surface area contributed by atoms with Gasteiger partial charge in [-0.2, -0.15) is 0 Å². The van der Waals surface area contributed by atoms with Crippen molar-refractivity contribution in [3.8, 4) is 0 Å². The van der Waals surface area contributed by atoms with E-state index in [0.717, 1.165) is 0 Å². The molecule has 2 unspecified atom stereocenters. The molecule has 10 atom stereocenters. The molecule has 0 spiro atoms. The summed E-state index contributed by atoms with van der Waals surface area (Å²) in [7, 11) is -2.79. The molecule has 4 aromatic heterocycles. The van der Waals surface area contributed by atoms with Gasteiger partial charge in [-0.15, -0.1) is 0 Å². The Balaban J connectivity index is 1.07. The molecule has 2 aliphatic rings. The predicted molar refractivity (Wildman–Crippen MR) is 179 cm³/mol. The lowest BCUT2D eigenvalue weighted by molar-refractivity contribution is -0.0427. The van der Waals surface area contributed by atoms with Gasteiger partial charge >= 0.3 is 0 Å². The lowest BCUT2D eigenvalue weighted by Gasteiger charge is -2.16. The van der Waals surface area contributed by atoms with Crippen LogP contribution < -0.4 is 10.6 Å². The number of aliphatic hydroxyl groups excluding tert-OH is 2. The van der Waals surface area contributed by atoms with Crippen LogP contribution in [0, 0.1) is 0 Å². The second kappa shape index (κ2) is 15.7. The number of anilines is 2. The summed E-state index contributed by atoms with van der Waals surface area (Å²) in [5, 5.41) is 25.5. The molecule has 0 bridgehead atoms. The molecular weight excluding hydrogens is 815 g/mol. The van der Waals surface area contributed by atoms with Crippen molar-refractivity contribution in [3.63, 3.8) is 0 Å². The molecule has 260 valence electrons. The van der Waals surface area contributed by atoms with Crippen molar-refractivity contribution in [3.05, 3.63) is 37.5 Å². The fraction of sp³-hybridized carbons (Fsp3) is 0.500. The Kier molecular flexibility index (Phi) is 11.6. The van der Waals surface area contributed by atoms with Gasteiger partial charge in [0.25, 0.3) is 0 Å². The van der Waals surface area contributed by atoms with E-state index in [4.69, 9.17) is 18.5 Å². The summed E-state index contributed by atoms with van der Waals surface area (Å²) in [4.78, 5) is 25.5. The molecule has 6 heterocycles. The number of rotatable bonds is 14. The first-order chi connectivity index (χ1) is 23.2. The Morgan fingerprint density at radius 3 is 1.71 bits per heavy atom. The van der Waals surface area contributed by atoms with Gasteiger partial charge in [-0.3, -0.25) is 18.3 Å². The zero-order chi connectivity index (χ0) is 33.9. The number of aliphatic hydroxyl groups is 2. The van der Waals surface area contributed by atoms with Crippen LogP contribution in [0.3, 0.4) is 0 Å². The van der Waals surface area contributed by atoms with E-state index in [2.05, 4.69) is 52.8 Å². The summed E-state index contributed by atoms with van der Waals surface area (Å²) in [5.74, 6) is 0.761. The molecule has 2 fully saturated rings. The minimum Gasteiger partial charge on any atom is -0.394 e. The summed E-state index contributed by atoms with van der Waals surface area (Å²) in [6.07, 6.45) is -1.62. The van der Waals surface area contributed by atoms with Crippen molar-refractivity contribution in [2.75, 3.05) is 36.9 Å². The van der Waals surface area contributed by atoms with Crippen LogP contribution in [-0.2, 0) is 27.7 Å². The molecule has 18 nitrogen and oxygen atoms in total. The van der Waals surface area contributed by atoms with E-state index in [1.807, 2.05) is 12.2 Å². The van der Waals surface area contributed by atoms with Crippen molar-refractivity contribution >= 4 is 81.2 Å². The third-order valence-corrected chi connectivity index (χ3v) is 9.58. The van der Waals surface area contributed by atoms with Gasteiger partial charge in [0, 0.05) is 35.1 Å². The van der Waals surface area contributed by atoms with E-state index in [0.29, 0.717) is 35.8 Å². The fourth-order valence-corrected chi connectivity index (χ4v) is 7.70. The topological polar surface area (TPSA) is 223 Å². The number of nitrogens with one attached hydrogen (secondary N) is 2. The maximum atomic E-state index is 15.3. The SMILES string of the molecule is O=[PH](S)O[C@H]1[C@@H](F)[C@H](n2cnc3c(NC/C=C/CNc4ncnc5c4ncn5[C@@H]4O[C@H](CO)[C@@H](O[PH](=O)I)[C@H]4F)ncnc32)O[C@@H]1CO. The number of nitrogens with zero attached hydrogens (tertiary/aromatic N) is 8. The number of aromatic nitrogens is 8. The first-order valence-corrected chi connectivity index (χ1v) is 21.3. The van der Waals surface area contributed by atoms with E-state index >= 15 is 8.78 Å². The minimum absolute atomic E-state index is 0.270.